The minimum absolute atomic E-state index is 0.282. The number of benzene rings is 4. The molecule has 0 aliphatic rings. The first-order chi connectivity index (χ1) is 12.2. The molecule has 0 aliphatic carbocycles. The van der Waals surface area contributed by atoms with Gasteiger partial charge in [0.25, 0.3) is 0 Å². The van der Waals surface area contributed by atoms with Crippen LogP contribution in [-0.4, -0.2) is 19.7 Å². The Labute approximate surface area is 145 Å². The summed E-state index contributed by atoms with van der Waals surface area (Å²) in [5, 5.41) is 6.39. The molecule has 0 fully saturated rings. The van der Waals surface area contributed by atoms with E-state index in [2.05, 4.69) is 18.2 Å². The summed E-state index contributed by atoms with van der Waals surface area (Å²) in [6.45, 7) is 2.19. The van der Waals surface area contributed by atoms with Crippen LogP contribution in [0.3, 0.4) is 0 Å². The van der Waals surface area contributed by atoms with Crippen molar-refractivity contribution < 1.29 is 14.3 Å². The number of carbonyl (C=O) groups excluding carboxylic acids is 1. The molecule has 0 aromatic heterocycles. The third kappa shape index (κ3) is 2.49. The van der Waals surface area contributed by atoms with E-state index in [4.69, 9.17) is 9.47 Å². The Balaban J connectivity index is 2.13. The normalized spacial score (nSPS) is 11.1. The van der Waals surface area contributed by atoms with Crippen molar-refractivity contribution >= 4 is 38.3 Å². The van der Waals surface area contributed by atoms with E-state index >= 15 is 0 Å². The number of hydrogen-bond donors (Lipinski definition) is 0. The van der Waals surface area contributed by atoms with Crippen LogP contribution in [0.5, 0.6) is 5.75 Å². The first-order valence-electron chi connectivity index (χ1n) is 8.32. The van der Waals surface area contributed by atoms with Crippen LogP contribution in [0.4, 0.5) is 0 Å². The van der Waals surface area contributed by atoms with Crippen LogP contribution < -0.4 is 4.74 Å². The van der Waals surface area contributed by atoms with E-state index in [1.165, 1.54) is 0 Å². The molecule has 0 radical (unpaired) electrons. The second-order valence-electron chi connectivity index (χ2n) is 5.94. The van der Waals surface area contributed by atoms with Gasteiger partial charge in [-0.25, -0.2) is 4.79 Å². The number of fused-ring (bicyclic) bond motifs is 5. The number of carbonyl (C=O) groups is 1. The fourth-order valence-corrected chi connectivity index (χ4v) is 3.42. The summed E-state index contributed by atoms with van der Waals surface area (Å²) in [4.78, 5) is 12.4. The minimum atomic E-state index is -0.282. The zero-order valence-electron chi connectivity index (χ0n) is 14.2. The molecule has 124 valence electrons. The van der Waals surface area contributed by atoms with Crippen molar-refractivity contribution in [3.8, 4) is 5.75 Å². The van der Waals surface area contributed by atoms with Gasteiger partial charge in [0.1, 0.15) is 5.75 Å². The van der Waals surface area contributed by atoms with Crippen molar-refractivity contribution in [2.45, 2.75) is 6.92 Å². The fourth-order valence-electron chi connectivity index (χ4n) is 3.42. The molecule has 3 nitrogen and oxygen atoms in total. The second kappa shape index (κ2) is 6.10. The predicted molar refractivity (Wildman–Crippen MR) is 101 cm³/mol. The Hall–Kier alpha value is -3.07. The lowest BCUT2D eigenvalue weighted by Gasteiger charge is -2.12. The molecular weight excluding hydrogens is 312 g/mol. The third-order valence-electron chi connectivity index (χ3n) is 4.54. The molecule has 0 amide bonds. The molecule has 0 spiro atoms. The van der Waals surface area contributed by atoms with Crippen molar-refractivity contribution in [3.05, 3.63) is 66.2 Å². The van der Waals surface area contributed by atoms with Crippen molar-refractivity contribution in [2.24, 2.45) is 0 Å². The average Bonchev–Trinajstić information content (AvgIpc) is 2.66. The number of rotatable bonds is 3. The van der Waals surface area contributed by atoms with E-state index in [1.54, 1.807) is 7.11 Å². The van der Waals surface area contributed by atoms with Gasteiger partial charge >= 0.3 is 5.97 Å². The Morgan fingerprint density at radius 1 is 0.880 bits per heavy atom. The van der Waals surface area contributed by atoms with Crippen LogP contribution in [0.15, 0.2) is 60.7 Å². The van der Waals surface area contributed by atoms with E-state index in [0.29, 0.717) is 12.2 Å². The number of methoxy groups -OCH3 is 1. The Morgan fingerprint density at radius 3 is 2.40 bits per heavy atom. The number of esters is 1. The van der Waals surface area contributed by atoms with Crippen LogP contribution in [0.25, 0.3) is 32.3 Å². The average molecular weight is 330 g/mol. The van der Waals surface area contributed by atoms with Crippen molar-refractivity contribution in [1.82, 2.24) is 0 Å². The summed E-state index contributed by atoms with van der Waals surface area (Å²) >= 11 is 0. The monoisotopic (exact) mass is 330 g/mol. The molecule has 0 saturated heterocycles. The van der Waals surface area contributed by atoms with E-state index in [1.807, 2.05) is 49.4 Å². The Kier molecular flexibility index (Phi) is 3.77. The SMILES string of the molecule is CCOC(=O)c1cc2ccc3cc(OC)ccc3c2c2ccccc12. The van der Waals surface area contributed by atoms with Gasteiger partial charge in [0.15, 0.2) is 0 Å². The molecule has 0 aliphatic heterocycles. The molecule has 4 aromatic carbocycles. The highest BCUT2D eigenvalue weighted by Crippen LogP contribution is 2.35. The van der Waals surface area contributed by atoms with Crippen molar-refractivity contribution in [1.29, 1.82) is 0 Å². The highest BCUT2D eigenvalue weighted by molar-refractivity contribution is 6.24. The van der Waals surface area contributed by atoms with Gasteiger partial charge in [0.2, 0.25) is 0 Å². The van der Waals surface area contributed by atoms with E-state index in [0.717, 1.165) is 38.1 Å². The first-order valence-corrected chi connectivity index (χ1v) is 8.32. The van der Waals surface area contributed by atoms with Crippen molar-refractivity contribution in [2.75, 3.05) is 13.7 Å². The second-order valence-corrected chi connectivity index (χ2v) is 5.94. The Bertz CT molecular complexity index is 1110. The summed E-state index contributed by atoms with van der Waals surface area (Å²) < 4.78 is 10.6. The molecule has 4 rings (SSSR count). The van der Waals surface area contributed by atoms with Gasteiger partial charge < -0.3 is 9.47 Å². The summed E-state index contributed by atoms with van der Waals surface area (Å²) in [5.41, 5.74) is 0.609. The zero-order chi connectivity index (χ0) is 17.4. The maximum Gasteiger partial charge on any atom is 0.338 e. The molecule has 0 heterocycles. The topological polar surface area (TPSA) is 35.5 Å². The molecule has 0 atom stereocenters. The van der Waals surface area contributed by atoms with Gasteiger partial charge in [0, 0.05) is 0 Å². The van der Waals surface area contributed by atoms with Crippen LogP contribution in [0.1, 0.15) is 17.3 Å². The van der Waals surface area contributed by atoms with Gasteiger partial charge in [0.05, 0.1) is 19.3 Å². The highest BCUT2D eigenvalue weighted by Gasteiger charge is 2.15. The lowest BCUT2D eigenvalue weighted by Crippen LogP contribution is -2.05. The third-order valence-corrected chi connectivity index (χ3v) is 4.54. The quantitative estimate of drug-likeness (QED) is 0.376. The van der Waals surface area contributed by atoms with Gasteiger partial charge in [-0.05, 0) is 57.4 Å². The van der Waals surface area contributed by atoms with Gasteiger partial charge in [-0.15, -0.1) is 0 Å². The standard InChI is InChI=1S/C22H18O3/c1-3-25-22(23)20-13-15-9-8-14-12-16(24-2)10-11-17(14)21(15)19-7-5-4-6-18(19)20/h4-13H,3H2,1-2H3. The zero-order valence-corrected chi connectivity index (χ0v) is 14.2. The molecule has 4 aromatic rings. The van der Waals surface area contributed by atoms with E-state index < -0.39 is 0 Å². The molecule has 3 heteroatoms. The van der Waals surface area contributed by atoms with Gasteiger partial charge in [-0.2, -0.15) is 0 Å². The molecule has 25 heavy (non-hydrogen) atoms. The summed E-state index contributed by atoms with van der Waals surface area (Å²) in [6, 6.07) is 20.1. The molecule has 0 saturated carbocycles. The molecule has 0 unspecified atom stereocenters. The molecule has 0 N–H and O–H groups in total. The largest absolute Gasteiger partial charge is 0.497 e. The summed E-state index contributed by atoms with van der Waals surface area (Å²) in [7, 11) is 1.67. The number of hydrogen-bond acceptors (Lipinski definition) is 3. The molecule has 0 bridgehead atoms. The van der Waals surface area contributed by atoms with Crippen LogP contribution >= 0.6 is 0 Å². The van der Waals surface area contributed by atoms with E-state index in [9.17, 15) is 4.79 Å². The highest BCUT2D eigenvalue weighted by atomic mass is 16.5. The summed E-state index contributed by atoms with van der Waals surface area (Å²) in [5.74, 6) is 0.551. The van der Waals surface area contributed by atoms with Crippen LogP contribution in [0.2, 0.25) is 0 Å². The Morgan fingerprint density at radius 2 is 1.64 bits per heavy atom. The fraction of sp³-hybridized carbons (Fsp3) is 0.136. The van der Waals surface area contributed by atoms with Crippen LogP contribution in [-0.2, 0) is 4.74 Å². The van der Waals surface area contributed by atoms with Crippen LogP contribution in [0, 0.1) is 0 Å². The predicted octanol–water partition coefficient (Wildman–Crippen LogP) is 5.33. The smallest absolute Gasteiger partial charge is 0.338 e. The van der Waals surface area contributed by atoms with E-state index in [-0.39, 0.29) is 5.97 Å². The maximum atomic E-state index is 12.4. The van der Waals surface area contributed by atoms with Crippen molar-refractivity contribution in [3.63, 3.8) is 0 Å². The lowest BCUT2D eigenvalue weighted by atomic mass is 9.93. The number of ether oxygens (including phenoxy) is 2. The minimum Gasteiger partial charge on any atom is -0.497 e. The van der Waals surface area contributed by atoms with Gasteiger partial charge in [-0.1, -0.05) is 42.5 Å². The lowest BCUT2D eigenvalue weighted by molar-refractivity contribution is 0.0529. The van der Waals surface area contributed by atoms with Gasteiger partial charge in [-0.3, -0.25) is 0 Å². The molecular formula is C22H18O3. The first kappa shape index (κ1) is 15.5. The maximum absolute atomic E-state index is 12.4. The summed E-state index contributed by atoms with van der Waals surface area (Å²) in [6.07, 6.45) is 0.